The van der Waals surface area contributed by atoms with Crippen molar-refractivity contribution in [2.45, 2.75) is 13.0 Å². The topological polar surface area (TPSA) is 9.23 Å². The first-order valence-corrected chi connectivity index (χ1v) is 7.33. The average molecular weight is 323 g/mol. The van der Waals surface area contributed by atoms with E-state index >= 15 is 0 Å². The summed E-state index contributed by atoms with van der Waals surface area (Å²) in [6.07, 6.45) is 0.617. The lowest BCUT2D eigenvalue weighted by Crippen LogP contribution is -1.99. The third kappa shape index (κ3) is 4.39. The standard InChI is InChI=1S/C17H13Cl2FO/c18-11-4-3-7-13-6-1-2-10-16(13)21-12-14-8-5-9-15(20)17(14)19/h1-2,5-6,8-10H,4,11-12H2. The van der Waals surface area contributed by atoms with Gasteiger partial charge in [-0.25, -0.2) is 4.39 Å². The summed E-state index contributed by atoms with van der Waals surface area (Å²) in [5, 5.41) is 0.0863. The zero-order chi connectivity index (χ0) is 15.1. The van der Waals surface area contributed by atoms with Gasteiger partial charge in [0.05, 0.1) is 10.6 Å². The van der Waals surface area contributed by atoms with Crippen molar-refractivity contribution in [1.82, 2.24) is 0 Å². The monoisotopic (exact) mass is 322 g/mol. The maximum absolute atomic E-state index is 13.4. The van der Waals surface area contributed by atoms with E-state index < -0.39 is 5.82 Å². The molecule has 0 bridgehead atoms. The highest BCUT2D eigenvalue weighted by molar-refractivity contribution is 6.31. The first-order chi connectivity index (χ1) is 10.2. The number of rotatable bonds is 4. The molecule has 2 aromatic rings. The highest BCUT2D eigenvalue weighted by atomic mass is 35.5. The quantitative estimate of drug-likeness (QED) is 0.566. The minimum absolute atomic E-state index is 0.0863. The van der Waals surface area contributed by atoms with Gasteiger partial charge in [0.15, 0.2) is 0 Å². The highest BCUT2D eigenvalue weighted by Crippen LogP contribution is 2.23. The van der Waals surface area contributed by atoms with E-state index in [2.05, 4.69) is 11.8 Å². The molecule has 0 aliphatic carbocycles. The van der Waals surface area contributed by atoms with E-state index in [-0.39, 0.29) is 11.6 Å². The Balaban J connectivity index is 2.14. The van der Waals surface area contributed by atoms with Crippen LogP contribution in [0.1, 0.15) is 17.5 Å². The third-order valence-corrected chi connectivity index (χ3v) is 3.36. The fraction of sp³-hybridized carbons (Fsp3) is 0.176. The first kappa shape index (κ1) is 15.7. The van der Waals surface area contributed by atoms with Crippen LogP contribution in [0.15, 0.2) is 42.5 Å². The molecule has 0 unspecified atom stereocenters. The van der Waals surface area contributed by atoms with Crippen molar-refractivity contribution in [2.24, 2.45) is 0 Å². The molecule has 108 valence electrons. The number of para-hydroxylation sites is 1. The van der Waals surface area contributed by atoms with Crippen molar-refractivity contribution in [3.05, 3.63) is 64.4 Å². The Bertz CT molecular complexity index is 674. The Kier molecular flexibility index (Phi) is 5.92. The minimum Gasteiger partial charge on any atom is -0.488 e. The van der Waals surface area contributed by atoms with Gasteiger partial charge in [-0.3, -0.25) is 0 Å². The van der Waals surface area contributed by atoms with Crippen molar-refractivity contribution >= 4 is 23.2 Å². The number of halogens is 3. The minimum atomic E-state index is -0.451. The first-order valence-electron chi connectivity index (χ1n) is 6.42. The Morgan fingerprint density at radius 1 is 1.10 bits per heavy atom. The van der Waals surface area contributed by atoms with Crippen molar-refractivity contribution < 1.29 is 9.13 Å². The van der Waals surface area contributed by atoms with Crippen molar-refractivity contribution in [2.75, 3.05) is 5.88 Å². The molecule has 0 amide bonds. The normalized spacial score (nSPS) is 9.86. The molecular weight excluding hydrogens is 310 g/mol. The van der Waals surface area contributed by atoms with Crippen LogP contribution in [0.4, 0.5) is 4.39 Å². The van der Waals surface area contributed by atoms with Crippen LogP contribution in [0.25, 0.3) is 0 Å². The molecule has 0 saturated carbocycles. The lowest BCUT2D eigenvalue weighted by molar-refractivity contribution is 0.305. The van der Waals surface area contributed by atoms with E-state index in [0.717, 1.165) is 5.56 Å². The van der Waals surface area contributed by atoms with Gasteiger partial charge in [-0.05, 0) is 18.2 Å². The van der Waals surface area contributed by atoms with E-state index in [1.54, 1.807) is 12.1 Å². The highest BCUT2D eigenvalue weighted by Gasteiger charge is 2.07. The van der Waals surface area contributed by atoms with E-state index in [1.807, 2.05) is 24.3 Å². The predicted octanol–water partition coefficient (Wildman–Crippen LogP) is 5.04. The Morgan fingerprint density at radius 2 is 1.90 bits per heavy atom. The fourth-order valence-corrected chi connectivity index (χ4v) is 1.99. The number of alkyl halides is 1. The van der Waals surface area contributed by atoms with Gasteiger partial charge in [-0.2, -0.15) is 0 Å². The summed E-state index contributed by atoms with van der Waals surface area (Å²) in [6.45, 7) is 0.185. The van der Waals surface area contributed by atoms with Gasteiger partial charge in [-0.15, -0.1) is 11.6 Å². The predicted molar refractivity (Wildman–Crippen MR) is 84.4 cm³/mol. The lowest BCUT2D eigenvalue weighted by Gasteiger charge is -2.09. The summed E-state index contributed by atoms with van der Waals surface area (Å²) in [6, 6.07) is 12.1. The van der Waals surface area contributed by atoms with Gasteiger partial charge >= 0.3 is 0 Å². The molecular formula is C17H13Cl2FO. The lowest BCUT2D eigenvalue weighted by atomic mass is 10.2. The molecule has 0 fully saturated rings. The summed E-state index contributed by atoms with van der Waals surface area (Å²) in [7, 11) is 0. The number of benzene rings is 2. The Morgan fingerprint density at radius 3 is 2.71 bits per heavy atom. The smallest absolute Gasteiger partial charge is 0.142 e. The maximum Gasteiger partial charge on any atom is 0.142 e. The third-order valence-electron chi connectivity index (χ3n) is 2.74. The van der Waals surface area contributed by atoms with Crippen LogP contribution < -0.4 is 4.74 Å². The van der Waals surface area contributed by atoms with Crippen LogP contribution >= 0.6 is 23.2 Å². The summed E-state index contributed by atoms with van der Waals surface area (Å²) in [4.78, 5) is 0. The number of ether oxygens (including phenoxy) is 1. The zero-order valence-electron chi connectivity index (χ0n) is 11.2. The van der Waals surface area contributed by atoms with Crippen molar-refractivity contribution in [3.8, 4) is 17.6 Å². The van der Waals surface area contributed by atoms with Crippen LogP contribution in [0.3, 0.4) is 0 Å². The van der Waals surface area contributed by atoms with Crippen molar-refractivity contribution in [3.63, 3.8) is 0 Å². The van der Waals surface area contributed by atoms with E-state index in [9.17, 15) is 4.39 Å². The second-order valence-electron chi connectivity index (χ2n) is 4.24. The Hall–Kier alpha value is -1.69. The maximum atomic E-state index is 13.4. The average Bonchev–Trinajstić information content (AvgIpc) is 2.50. The molecule has 0 aliphatic heterocycles. The van der Waals surface area contributed by atoms with Crippen LogP contribution in [0.2, 0.25) is 5.02 Å². The molecule has 21 heavy (non-hydrogen) atoms. The van der Waals surface area contributed by atoms with Crippen LogP contribution in [0, 0.1) is 17.7 Å². The van der Waals surface area contributed by atoms with Gasteiger partial charge in [0, 0.05) is 17.9 Å². The summed E-state index contributed by atoms with van der Waals surface area (Å²) in [5.41, 5.74) is 1.37. The van der Waals surface area contributed by atoms with Crippen molar-refractivity contribution in [1.29, 1.82) is 0 Å². The second kappa shape index (κ2) is 7.93. The second-order valence-corrected chi connectivity index (χ2v) is 4.99. The fourth-order valence-electron chi connectivity index (χ4n) is 1.72. The molecule has 1 nitrogen and oxygen atoms in total. The van der Waals surface area contributed by atoms with Gasteiger partial charge in [-0.1, -0.05) is 47.7 Å². The van der Waals surface area contributed by atoms with Crippen LogP contribution in [0.5, 0.6) is 5.75 Å². The molecule has 0 aliphatic rings. The summed E-state index contributed by atoms with van der Waals surface area (Å²) >= 11 is 11.5. The molecule has 4 heteroatoms. The molecule has 0 radical (unpaired) electrons. The molecule has 0 saturated heterocycles. The zero-order valence-corrected chi connectivity index (χ0v) is 12.7. The van der Waals surface area contributed by atoms with Gasteiger partial charge < -0.3 is 4.74 Å². The number of hydrogen-bond donors (Lipinski definition) is 0. The number of hydrogen-bond acceptors (Lipinski definition) is 1. The van der Waals surface area contributed by atoms with Crippen LogP contribution in [-0.2, 0) is 6.61 Å². The van der Waals surface area contributed by atoms with Gasteiger partial charge in [0.1, 0.15) is 18.2 Å². The van der Waals surface area contributed by atoms with Gasteiger partial charge in [0.2, 0.25) is 0 Å². The van der Waals surface area contributed by atoms with E-state index in [4.69, 9.17) is 27.9 Å². The van der Waals surface area contributed by atoms with E-state index in [0.29, 0.717) is 23.6 Å². The molecule has 0 aromatic heterocycles. The SMILES string of the molecule is Fc1cccc(COc2ccccc2C#CCCCl)c1Cl. The summed E-state index contributed by atoms with van der Waals surface area (Å²) < 4.78 is 19.1. The van der Waals surface area contributed by atoms with Gasteiger partial charge in [0.25, 0.3) is 0 Å². The largest absolute Gasteiger partial charge is 0.488 e. The summed E-state index contributed by atoms with van der Waals surface area (Å²) in [5.74, 6) is 6.66. The molecule has 0 heterocycles. The molecule has 2 aromatic carbocycles. The Labute approximate surface area is 133 Å². The van der Waals surface area contributed by atoms with Crippen LogP contribution in [-0.4, -0.2) is 5.88 Å². The molecule has 0 spiro atoms. The molecule has 2 rings (SSSR count). The van der Waals surface area contributed by atoms with E-state index in [1.165, 1.54) is 6.07 Å². The molecule has 0 N–H and O–H groups in total. The molecule has 0 atom stereocenters.